The number of rotatable bonds is 3. The van der Waals surface area contributed by atoms with Crippen LogP contribution in [0.1, 0.15) is 11.5 Å². The number of hydrogen-bond donors (Lipinski definition) is 0. The van der Waals surface area contributed by atoms with E-state index in [-0.39, 0.29) is 0 Å². The van der Waals surface area contributed by atoms with Crippen molar-refractivity contribution in [1.29, 1.82) is 0 Å². The highest BCUT2D eigenvalue weighted by molar-refractivity contribution is 6.17. The Kier molecular flexibility index (Phi) is 3.55. The van der Waals surface area contributed by atoms with Crippen molar-refractivity contribution in [3.63, 3.8) is 0 Å². The second kappa shape index (κ2) is 5.48. The molecule has 2 heterocycles. The smallest absolute Gasteiger partial charge is 0.318 e. The molecule has 0 N–H and O–H groups in total. The molecule has 1 aromatic carbocycles. The Balaban J connectivity index is 1.81. The summed E-state index contributed by atoms with van der Waals surface area (Å²) in [5, 5.41) is 8.05. The van der Waals surface area contributed by atoms with Gasteiger partial charge in [0, 0.05) is 17.9 Å². The van der Waals surface area contributed by atoms with Crippen LogP contribution in [0.3, 0.4) is 0 Å². The average Bonchev–Trinajstić information content (AvgIpc) is 2.78. The number of halogens is 1. The van der Waals surface area contributed by atoms with E-state index in [2.05, 4.69) is 10.2 Å². The number of nitrogens with zero attached hydrogens (tertiary/aromatic N) is 3. The van der Waals surface area contributed by atoms with Gasteiger partial charge in [0.2, 0.25) is 5.89 Å². The predicted molar refractivity (Wildman–Crippen MR) is 71.7 cm³/mol. The normalized spacial score (nSPS) is 14.7. The molecule has 0 bridgehead atoms. The van der Waals surface area contributed by atoms with E-state index >= 15 is 0 Å². The molecule has 19 heavy (non-hydrogen) atoms. The molecule has 0 aliphatic carbocycles. The maximum absolute atomic E-state index is 5.70. The quantitative estimate of drug-likeness (QED) is 0.807. The Hall–Kier alpha value is -1.75. The maximum Gasteiger partial charge on any atom is 0.318 e. The van der Waals surface area contributed by atoms with Crippen LogP contribution in [0.5, 0.6) is 5.75 Å². The summed E-state index contributed by atoms with van der Waals surface area (Å²) in [6, 6.07) is 8.52. The Morgan fingerprint density at radius 3 is 3.05 bits per heavy atom. The van der Waals surface area contributed by atoms with Crippen LogP contribution in [0.4, 0.5) is 6.01 Å². The molecule has 1 aliphatic rings. The molecule has 0 unspecified atom stereocenters. The fraction of sp³-hybridized carbons (Fsp3) is 0.385. The second-order valence-corrected chi connectivity index (χ2v) is 4.67. The molecule has 0 fully saturated rings. The molecule has 100 valence electrons. The number of anilines is 1. The number of aryl methyl sites for hydroxylation is 1. The first kappa shape index (κ1) is 12.3. The van der Waals surface area contributed by atoms with Gasteiger partial charge in [-0.2, -0.15) is 0 Å². The van der Waals surface area contributed by atoms with Crippen LogP contribution >= 0.6 is 11.6 Å². The fourth-order valence-electron chi connectivity index (χ4n) is 2.04. The van der Waals surface area contributed by atoms with Gasteiger partial charge in [-0.25, -0.2) is 0 Å². The summed E-state index contributed by atoms with van der Waals surface area (Å²) in [4.78, 5) is 2.02. The van der Waals surface area contributed by atoms with Crippen LogP contribution in [0, 0.1) is 0 Å². The van der Waals surface area contributed by atoms with Gasteiger partial charge in [0.1, 0.15) is 12.4 Å². The van der Waals surface area contributed by atoms with Crippen molar-refractivity contribution in [2.45, 2.75) is 13.0 Å². The van der Waals surface area contributed by atoms with Gasteiger partial charge in [-0.15, -0.1) is 16.7 Å². The fourth-order valence-corrected chi connectivity index (χ4v) is 2.21. The summed E-state index contributed by atoms with van der Waals surface area (Å²) in [5.74, 6) is 1.97. The van der Waals surface area contributed by atoms with Gasteiger partial charge in [0.25, 0.3) is 0 Å². The first-order valence-electron chi connectivity index (χ1n) is 6.21. The first-order valence-corrected chi connectivity index (χ1v) is 6.74. The summed E-state index contributed by atoms with van der Waals surface area (Å²) in [6.07, 6.45) is 0.593. The standard InChI is InChI=1S/C13H14ClN3O2/c14-6-5-12-15-16-13(19-12)17-7-8-18-11-4-2-1-3-10(11)9-17/h1-4H,5-9H2. The Bertz CT molecular complexity index is 558. The summed E-state index contributed by atoms with van der Waals surface area (Å²) < 4.78 is 11.3. The summed E-state index contributed by atoms with van der Waals surface area (Å²) in [6.45, 7) is 2.03. The van der Waals surface area contributed by atoms with Crippen molar-refractivity contribution < 1.29 is 9.15 Å². The van der Waals surface area contributed by atoms with Gasteiger partial charge in [0.15, 0.2) is 0 Å². The molecule has 3 rings (SSSR count). The third kappa shape index (κ3) is 2.66. The highest BCUT2D eigenvalue weighted by atomic mass is 35.5. The lowest BCUT2D eigenvalue weighted by Gasteiger charge is -2.16. The molecule has 1 aromatic heterocycles. The van der Waals surface area contributed by atoms with E-state index in [9.17, 15) is 0 Å². The van der Waals surface area contributed by atoms with Crippen LogP contribution < -0.4 is 9.64 Å². The van der Waals surface area contributed by atoms with Gasteiger partial charge in [0.05, 0.1) is 13.1 Å². The molecular formula is C13H14ClN3O2. The molecule has 0 amide bonds. The van der Waals surface area contributed by atoms with E-state index in [1.54, 1.807) is 0 Å². The highest BCUT2D eigenvalue weighted by Crippen LogP contribution is 2.25. The topological polar surface area (TPSA) is 51.4 Å². The average molecular weight is 280 g/mol. The second-order valence-electron chi connectivity index (χ2n) is 4.30. The number of hydrogen-bond acceptors (Lipinski definition) is 5. The lowest BCUT2D eigenvalue weighted by atomic mass is 10.2. The largest absolute Gasteiger partial charge is 0.491 e. The van der Waals surface area contributed by atoms with Crippen LogP contribution in [0.25, 0.3) is 0 Å². The van der Waals surface area contributed by atoms with Crippen LogP contribution in [-0.4, -0.2) is 29.2 Å². The van der Waals surface area contributed by atoms with Crippen molar-refractivity contribution in [3.05, 3.63) is 35.7 Å². The van der Waals surface area contributed by atoms with Crippen molar-refractivity contribution in [2.75, 3.05) is 23.9 Å². The van der Waals surface area contributed by atoms with E-state index in [0.29, 0.717) is 37.4 Å². The molecule has 6 heteroatoms. The monoisotopic (exact) mass is 279 g/mol. The van der Waals surface area contributed by atoms with Gasteiger partial charge in [-0.1, -0.05) is 23.3 Å². The highest BCUT2D eigenvalue weighted by Gasteiger charge is 2.19. The third-order valence-corrected chi connectivity index (χ3v) is 3.18. The minimum Gasteiger partial charge on any atom is -0.491 e. The molecule has 0 saturated heterocycles. The van der Waals surface area contributed by atoms with Gasteiger partial charge in [-0.3, -0.25) is 0 Å². The van der Waals surface area contributed by atoms with E-state index in [0.717, 1.165) is 17.9 Å². The zero-order chi connectivity index (χ0) is 13.1. The number of aromatic nitrogens is 2. The number of ether oxygens (including phenoxy) is 1. The zero-order valence-corrected chi connectivity index (χ0v) is 11.1. The molecule has 0 radical (unpaired) electrons. The maximum atomic E-state index is 5.70. The van der Waals surface area contributed by atoms with Gasteiger partial charge >= 0.3 is 6.01 Å². The number of para-hydroxylation sites is 1. The molecule has 2 aromatic rings. The molecule has 5 nitrogen and oxygen atoms in total. The minimum atomic E-state index is 0.480. The van der Waals surface area contributed by atoms with E-state index in [1.165, 1.54) is 0 Å². The SMILES string of the molecule is ClCCc1nnc(N2CCOc3ccccc3C2)o1. The first-order chi connectivity index (χ1) is 9.36. The van der Waals surface area contributed by atoms with E-state index < -0.39 is 0 Å². The van der Waals surface area contributed by atoms with Crippen molar-refractivity contribution in [2.24, 2.45) is 0 Å². The summed E-state index contributed by atoms with van der Waals surface area (Å²) in [7, 11) is 0. The summed E-state index contributed by atoms with van der Waals surface area (Å²) >= 11 is 5.66. The molecule has 1 aliphatic heterocycles. The lowest BCUT2D eigenvalue weighted by molar-refractivity contribution is 0.329. The molecule has 0 atom stereocenters. The van der Waals surface area contributed by atoms with Gasteiger partial charge in [-0.05, 0) is 6.07 Å². The number of benzene rings is 1. The molecular weight excluding hydrogens is 266 g/mol. The van der Waals surface area contributed by atoms with Crippen LogP contribution in [0.2, 0.25) is 0 Å². The van der Waals surface area contributed by atoms with Gasteiger partial charge < -0.3 is 14.1 Å². The van der Waals surface area contributed by atoms with Crippen molar-refractivity contribution in [3.8, 4) is 5.75 Å². The van der Waals surface area contributed by atoms with E-state index in [4.69, 9.17) is 20.8 Å². The molecule has 0 spiro atoms. The third-order valence-electron chi connectivity index (χ3n) is 2.99. The summed E-state index contributed by atoms with van der Waals surface area (Å²) in [5.41, 5.74) is 1.12. The predicted octanol–water partition coefficient (Wildman–Crippen LogP) is 2.25. The Morgan fingerprint density at radius 1 is 1.26 bits per heavy atom. The number of fused-ring (bicyclic) bond motifs is 1. The minimum absolute atomic E-state index is 0.480. The zero-order valence-electron chi connectivity index (χ0n) is 10.4. The van der Waals surface area contributed by atoms with Crippen LogP contribution in [0.15, 0.2) is 28.7 Å². The number of alkyl halides is 1. The van der Waals surface area contributed by atoms with Crippen molar-refractivity contribution >= 4 is 17.6 Å². The van der Waals surface area contributed by atoms with Crippen molar-refractivity contribution in [1.82, 2.24) is 10.2 Å². The molecule has 0 saturated carbocycles. The Labute approximate surface area is 116 Å². The van der Waals surface area contributed by atoms with Crippen LogP contribution in [-0.2, 0) is 13.0 Å². The Morgan fingerprint density at radius 2 is 2.16 bits per heavy atom. The lowest BCUT2D eigenvalue weighted by Crippen LogP contribution is -2.25. The van der Waals surface area contributed by atoms with E-state index in [1.807, 2.05) is 29.2 Å².